The first-order valence-electron chi connectivity index (χ1n) is 4.43. The van der Waals surface area contributed by atoms with E-state index < -0.39 is 12.1 Å². The molecule has 0 saturated carbocycles. The number of alkyl halides is 3. The van der Waals surface area contributed by atoms with Gasteiger partial charge >= 0.3 is 12.1 Å². The van der Waals surface area contributed by atoms with Crippen molar-refractivity contribution in [1.82, 2.24) is 5.32 Å². The average Bonchev–Trinajstić information content (AvgIpc) is 2.14. The van der Waals surface area contributed by atoms with Crippen LogP contribution in [-0.2, 0) is 9.53 Å². The van der Waals surface area contributed by atoms with Gasteiger partial charge < -0.3 is 10.1 Å². The molecule has 1 saturated heterocycles. The number of halogens is 3. The molecule has 0 bridgehead atoms. The lowest BCUT2D eigenvalue weighted by Crippen LogP contribution is -2.40. The topological polar surface area (TPSA) is 38.3 Å². The molecule has 0 atom stereocenters. The van der Waals surface area contributed by atoms with Crippen LogP contribution in [0.25, 0.3) is 0 Å². The summed E-state index contributed by atoms with van der Waals surface area (Å²) in [6.45, 7) is 1.21. The van der Waals surface area contributed by atoms with Crippen LogP contribution in [0.5, 0.6) is 0 Å². The van der Waals surface area contributed by atoms with Crippen molar-refractivity contribution >= 4 is 5.91 Å². The Bertz CT molecular complexity index is 199. The molecule has 0 aromatic heterocycles. The van der Waals surface area contributed by atoms with E-state index >= 15 is 0 Å². The molecular weight excluding hydrogens is 199 g/mol. The summed E-state index contributed by atoms with van der Waals surface area (Å²) in [5.41, 5.74) is 0. The summed E-state index contributed by atoms with van der Waals surface area (Å²) in [7, 11) is 0. The van der Waals surface area contributed by atoms with Crippen molar-refractivity contribution in [1.29, 1.82) is 0 Å². The molecule has 1 aliphatic rings. The highest BCUT2D eigenvalue weighted by Crippen LogP contribution is 2.16. The van der Waals surface area contributed by atoms with Crippen LogP contribution in [0.2, 0.25) is 0 Å². The number of carbonyl (C=O) groups excluding carboxylic acids is 1. The number of hydrogen-bond donors (Lipinski definition) is 1. The maximum atomic E-state index is 11.8. The molecule has 3 nitrogen and oxygen atoms in total. The highest BCUT2D eigenvalue weighted by atomic mass is 19.4. The molecule has 1 aliphatic heterocycles. The van der Waals surface area contributed by atoms with Gasteiger partial charge in [0.25, 0.3) is 0 Å². The number of amides is 1. The smallest absolute Gasteiger partial charge is 0.381 e. The average molecular weight is 211 g/mol. The van der Waals surface area contributed by atoms with Crippen molar-refractivity contribution in [3.63, 3.8) is 0 Å². The molecule has 1 fully saturated rings. The lowest BCUT2D eigenvalue weighted by Gasteiger charge is -2.22. The van der Waals surface area contributed by atoms with Gasteiger partial charge in [0.1, 0.15) is 0 Å². The quantitative estimate of drug-likeness (QED) is 0.742. The number of hydrogen-bond acceptors (Lipinski definition) is 2. The third kappa shape index (κ3) is 3.53. The van der Waals surface area contributed by atoms with Crippen molar-refractivity contribution in [2.45, 2.75) is 19.0 Å². The Morgan fingerprint density at radius 1 is 1.36 bits per heavy atom. The second kappa shape index (κ2) is 4.63. The highest BCUT2D eigenvalue weighted by Gasteiger charge is 2.38. The van der Waals surface area contributed by atoms with Crippen molar-refractivity contribution < 1.29 is 22.7 Å². The molecule has 0 aromatic carbocycles. The van der Waals surface area contributed by atoms with Gasteiger partial charge in [-0.05, 0) is 18.8 Å². The molecule has 6 heteroatoms. The van der Waals surface area contributed by atoms with Gasteiger partial charge in [0.2, 0.25) is 0 Å². The second-order valence-corrected chi connectivity index (χ2v) is 3.26. The summed E-state index contributed by atoms with van der Waals surface area (Å²) in [6.07, 6.45) is -3.36. The van der Waals surface area contributed by atoms with Gasteiger partial charge in [-0.25, -0.2) is 0 Å². The zero-order valence-electron chi connectivity index (χ0n) is 7.56. The molecule has 1 rings (SSSR count). The summed E-state index contributed by atoms with van der Waals surface area (Å²) in [6, 6.07) is 0. The van der Waals surface area contributed by atoms with Crippen LogP contribution >= 0.6 is 0 Å². The van der Waals surface area contributed by atoms with E-state index in [4.69, 9.17) is 4.74 Å². The molecule has 82 valence electrons. The van der Waals surface area contributed by atoms with E-state index in [1.54, 1.807) is 0 Å². The van der Waals surface area contributed by atoms with Crippen LogP contribution in [0.15, 0.2) is 0 Å². The minimum atomic E-state index is -4.77. The van der Waals surface area contributed by atoms with Gasteiger partial charge in [-0.2, -0.15) is 13.2 Å². The van der Waals surface area contributed by atoms with E-state index in [0.29, 0.717) is 26.1 Å². The maximum absolute atomic E-state index is 11.8. The summed E-state index contributed by atoms with van der Waals surface area (Å²) in [5.74, 6) is -1.75. The zero-order valence-corrected chi connectivity index (χ0v) is 7.56. The normalized spacial score (nSPS) is 19.4. The van der Waals surface area contributed by atoms with Crippen LogP contribution in [0, 0.1) is 5.92 Å². The fourth-order valence-electron chi connectivity index (χ4n) is 1.29. The van der Waals surface area contributed by atoms with E-state index in [0.717, 1.165) is 0 Å². The van der Waals surface area contributed by atoms with E-state index in [2.05, 4.69) is 0 Å². The number of nitrogens with one attached hydrogen (secondary N) is 1. The third-order valence-corrected chi connectivity index (χ3v) is 2.15. The minimum Gasteiger partial charge on any atom is -0.381 e. The van der Waals surface area contributed by atoms with Crippen LogP contribution in [0.4, 0.5) is 13.2 Å². The number of rotatable bonds is 2. The van der Waals surface area contributed by atoms with Gasteiger partial charge in [-0.1, -0.05) is 0 Å². The Hall–Kier alpha value is -0.780. The lowest BCUT2D eigenvalue weighted by molar-refractivity contribution is -0.173. The Morgan fingerprint density at radius 2 is 1.93 bits per heavy atom. The molecule has 0 aliphatic carbocycles. The van der Waals surface area contributed by atoms with Crippen molar-refractivity contribution in [2.24, 2.45) is 5.92 Å². The molecule has 1 N–H and O–H groups in total. The first-order chi connectivity index (χ1) is 6.50. The van der Waals surface area contributed by atoms with Crippen molar-refractivity contribution in [3.05, 3.63) is 0 Å². The Labute approximate surface area is 79.6 Å². The van der Waals surface area contributed by atoms with Crippen LogP contribution in [0.1, 0.15) is 12.8 Å². The van der Waals surface area contributed by atoms with Crippen LogP contribution in [0.3, 0.4) is 0 Å². The molecular formula is C8H12F3NO2. The fraction of sp³-hybridized carbons (Fsp3) is 0.875. The van der Waals surface area contributed by atoms with Gasteiger partial charge in [-0.3, -0.25) is 4.79 Å². The molecule has 14 heavy (non-hydrogen) atoms. The molecule has 1 amide bonds. The predicted octanol–water partition coefficient (Wildman–Crippen LogP) is 1.09. The molecule has 0 unspecified atom stereocenters. The second-order valence-electron chi connectivity index (χ2n) is 3.26. The van der Waals surface area contributed by atoms with E-state index in [9.17, 15) is 18.0 Å². The summed E-state index contributed by atoms with van der Waals surface area (Å²) in [4.78, 5) is 10.4. The third-order valence-electron chi connectivity index (χ3n) is 2.15. The molecule has 0 radical (unpaired) electrons. The Morgan fingerprint density at radius 3 is 2.43 bits per heavy atom. The van der Waals surface area contributed by atoms with Crippen molar-refractivity contribution in [3.8, 4) is 0 Å². The molecule has 0 aromatic rings. The Balaban J connectivity index is 2.22. The SMILES string of the molecule is O=C(NCC1CCOCC1)C(F)(F)F. The summed E-state index contributed by atoms with van der Waals surface area (Å²) < 4.78 is 40.3. The van der Waals surface area contributed by atoms with Crippen LogP contribution in [-0.4, -0.2) is 31.8 Å². The number of ether oxygens (including phenoxy) is 1. The zero-order chi connectivity index (χ0) is 10.6. The van der Waals surface area contributed by atoms with Gasteiger partial charge in [0, 0.05) is 19.8 Å². The monoisotopic (exact) mass is 211 g/mol. The van der Waals surface area contributed by atoms with E-state index in [1.165, 1.54) is 0 Å². The first-order valence-corrected chi connectivity index (χ1v) is 4.43. The van der Waals surface area contributed by atoms with Crippen molar-refractivity contribution in [2.75, 3.05) is 19.8 Å². The molecule has 1 heterocycles. The number of carbonyl (C=O) groups is 1. The summed E-state index contributed by atoms with van der Waals surface area (Å²) in [5, 5.41) is 1.87. The van der Waals surface area contributed by atoms with Gasteiger partial charge in [0.05, 0.1) is 0 Å². The lowest BCUT2D eigenvalue weighted by atomic mass is 10.0. The van der Waals surface area contributed by atoms with E-state index in [-0.39, 0.29) is 12.5 Å². The summed E-state index contributed by atoms with van der Waals surface area (Å²) >= 11 is 0. The predicted molar refractivity (Wildman–Crippen MR) is 42.6 cm³/mol. The Kier molecular flexibility index (Phi) is 3.74. The standard InChI is InChI=1S/C8H12F3NO2/c9-8(10,11)7(13)12-5-6-1-3-14-4-2-6/h6H,1-5H2,(H,12,13). The minimum absolute atomic E-state index is 0.0850. The van der Waals surface area contributed by atoms with Gasteiger partial charge in [0.15, 0.2) is 0 Å². The fourth-order valence-corrected chi connectivity index (χ4v) is 1.29. The largest absolute Gasteiger partial charge is 0.471 e. The maximum Gasteiger partial charge on any atom is 0.471 e. The van der Waals surface area contributed by atoms with Gasteiger partial charge in [-0.15, -0.1) is 0 Å². The molecule has 0 spiro atoms. The van der Waals surface area contributed by atoms with E-state index in [1.807, 2.05) is 5.32 Å². The first kappa shape index (κ1) is 11.3. The van der Waals surface area contributed by atoms with Crippen LogP contribution < -0.4 is 5.32 Å². The highest BCUT2D eigenvalue weighted by molar-refractivity contribution is 5.81.